The zero-order chi connectivity index (χ0) is 13.2. The first kappa shape index (κ1) is 13.8. The molecule has 1 saturated carbocycles. The van der Waals surface area contributed by atoms with Crippen LogP contribution in [0, 0.1) is 20.3 Å². The van der Waals surface area contributed by atoms with E-state index in [4.69, 9.17) is 0 Å². The number of benzene rings is 1. The highest BCUT2D eigenvalue weighted by Crippen LogP contribution is 2.49. The summed E-state index contributed by atoms with van der Waals surface area (Å²) in [6, 6.07) is 10.3. The maximum Gasteiger partial charge on any atom is 0.105 e. The average Bonchev–Trinajstić information content (AvgIpc) is 2.40. The van der Waals surface area contributed by atoms with Crippen molar-refractivity contribution in [2.75, 3.05) is 0 Å². The first-order chi connectivity index (χ1) is 8.52. The third kappa shape index (κ3) is 2.28. The molecule has 1 aliphatic carbocycles. The van der Waals surface area contributed by atoms with Crippen molar-refractivity contribution in [2.45, 2.75) is 44.6 Å². The fourth-order valence-electron chi connectivity index (χ4n) is 2.91. The van der Waals surface area contributed by atoms with Crippen molar-refractivity contribution >= 4 is 22.6 Å². The molecule has 96 valence electrons. The molecule has 2 rings (SSSR count). The van der Waals surface area contributed by atoms with Gasteiger partial charge in [-0.2, -0.15) is 5.26 Å². The molecule has 1 unspecified atom stereocenters. The molecule has 3 heteroatoms. The van der Waals surface area contributed by atoms with Gasteiger partial charge in [0, 0.05) is 3.57 Å². The predicted octanol–water partition coefficient (Wildman–Crippen LogP) is 3.97. The minimum absolute atomic E-state index is 0.627. The number of rotatable bonds is 2. The molecule has 1 N–H and O–H groups in total. The van der Waals surface area contributed by atoms with E-state index in [2.05, 4.69) is 28.7 Å². The quantitative estimate of drug-likeness (QED) is 0.816. The van der Waals surface area contributed by atoms with Gasteiger partial charge in [0.15, 0.2) is 0 Å². The minimum Gasteiger partial charge on any atom is -0.384 e. The minimum atomic E-state index is -1.06. The number of nitrogens with zero attached hydrogens (tertiary/aromatic N) is 1. The lowest BCUT2D eigenvalue weighted by molar-refractivity contribution is -0.0634. The Hall–Kier alpha value is -0.600. The van der Waals surface area contributed by atoms with E-state index < -0.39 is 11.0 Å². The lowest BCUT2D eigenvalue weighted by Gasteiger charge is -2.43. The molecule has 1 aliphatic rings. The van der Waals surface area contributed by atoms with Gasteiger partial charge in [-0.1, -0.05) is 31.4 Å². The SMILES string of the molecule is CC(O)(c1ccc(I)cc1)C1(C#N)CCCCC1. The molecule has 18 heavy (non-hydrogen) atoms. The maximum absolute atomic E-state index is 10.9. The van der Waals surface area contributed by atoms with E-state index in [-0.39, 0.29) is 0 Å². The Bertz CT molecular complexity index is 452. The van der Waals surface area contributed by atoms with Crippen LogP contribution >= 0.6 is 22.6 Å². The van der Waals surface area contributed by atoms with E-state index in [1.54, 1.807) is 6.92 Å². The Labute approximate surface area is 122 Å². The van der Waals surface area contributed by atoms with E-state index in [1.807, 2.05) is 24.3 Å². The lowest BCUT2D eigenvalue weighted by atomic mass is 9.62. The van der Waals surface area contributed by atoms with Crippen LogP contribution in [-0.2, 0) is 5.60 Å². The molecular formula is C15H18INO. The van der Waals surface area contributed by atoms with Crippen molar-refractivity contribution < 1.29 is 5.11 Å². The van der Waals surface area contributed by atoms with Crippen LogP contribution < -0.4 is 0 Å². The van der Waals surface area contributed by atoms with Gasteiger partial charge >= 0.3 is 0 Å². The standard InChI is InChI=1S/C15H18INO/c1-14(18,12-5-7-13(16)8-6-12)15(11-17)9-3-2-4-10-15/h5-8,18H,2-4,9-10H2,1H3. The Morgan fingerprint density at radius 1 is 1.22 bits per heavy atom. The van der Waals surface area contributed by atoms with Crippen LogP contribution in [0.2, 0.25) is 0 Å². The van der Waals surface area contributed by atoms with Crippen LogP contribution in [-0.4, -0.2) is 5.11 Å². The third-order valence-corrected chi connectivity index (χ3v) is 4.98. The summed E-state index contributed by atoms with van der Waals surface area (Å²) in [7, 11) is 0. The van der Waals surface area contributed by atoms with Crippen LogP contribution in [0.5, 0.6) is 0 Å². The van der Waals surface area contributed by atoms with Crippen molar-refractivity contribution in [3.8, 4) is 6.07 Å². The Morgan fingerprint density at radius 3 is 2.28 bits per heavy atom. The summed E-state index contributed by atoms with van der Waals surface area (Å²) in [6.07, 6.45) is 4.83. The lowest BCUT2D eigenvalue weighted by Crippen LogP contribution is -2.44. The van der Waals surface area contributed by atoms with Crippen molar-refractivity contribution in [3.05, 3.63) is 33.4 Å². The number of halogens is 1. The monoisotopic (exact) mass is 355 g/mol. The Morgan fingerprint density at radius 2 is 1.78 bits per heavy atom. The second kappa shape index (κ2) is 5.18. The number of nitriles is 1. The molecule has 0 spiro atoms. The predicted molar refractivity (Wildman–Crippen MR) is 79.9 cm³/mol. The van der Waals surface area contributed by atoms with E-state index >= 15 is 0 Å². The van der Waals surface area contributed by atoms with Gasteiger partial charge in [0.25, 0.3) is 0 Å². The maximum atomic E-state index is 10.9. The summed E-state index contributed by atoms with van der Waals surface area (Å²) in [6.45, 7) is 1.80. The van der Waals surface area contributed by atoms with E-state index in [0.29, 0.717) is 0 Å². The zero-order valence-electron chi connectivity index (χ0n) is 10.6. The van der Waals surface area contributed by atoms with Crippen molar-refractivity contribution in [2.24, 2.45) is 5.41 Å². The van der Waals surface area contributed by atoms with Gasteiger partial charge in [-0.15, -0.1) is 0 Å². The average molecular weight is 355 g/mol. The molecule has 0 aromatic heterocycles. The Balaban J connectivity index is 2.39. The zero-order valence-corrected chi connectivity index (χ0v) is 12.8. The van der Waals surface area contributed by atoms with Gasteiger partial charge in [0.05, 0.1) is 11.5 Å². The third-order valence-electron chi connectivity index (χ3n) is 4.26. The second-order valence-corrected chi connectivity index (χ2v) is 6.58. The van der Waals surface area contributed by atoms with Crippen LogP contribution in [0.4, 0.5) is 0 Å². The summed E-state index contributed by atoms with van der Waals surface area (Å²) in [5.74, 6) is 0. The van der Waals surface area contributed by atoms with Crippen molar-refractivity contribution in [3.63, 3.8) is 0 Å². The molecule has 1 fully saturated rings. The topological polar surface area (TPSA) is 44.0 Å². The van der Waals surface area contributed by atoms with Crippen LogP contribution in [0.3, 0.4) is 0 Å². The van der Waals surface area contributed by atoms with Crippen LogP contribution in [0.1, 0.15) is 44.6 Å². The summed E-state index contributed by atoms with van der Waals surface area (Å²) in [5, 5.41) is 20.5. The molecular weight excluding hydrogens is 337 g/mol. The van der Waals surface area contributed by atoms with E-state index in [0.717, 1.165) is 34.8 Å². The van der Waals surface area contributed by atoms with Crippen molar-refractivity contribution in [1.82, 2.24) is 0 Å². The summed E-state index contributed by atoms with van der Waals surface area (Å²) >= 11 is 2.25. The largest absolute Gasteiger partial charge is 0.384 e. The van der Waals surface area contributed by atoms with E-state index in [9.17, 15) is 10.4 Å². The molecule has 0 radical (unpaired) electrons. The summed E-state index contributed by atoms with van der Waals surface area (Å²) in [5.41, 5.74) is -0.837. The highest BCUT2D eigenvalue weighted by Gasteiger charge is 2.49. The summed E-state index contributed by atoms with van der Waals surface area (Å²) in [4.78, 5) is 0. The van der Waals surface area contributed by atoms with Crippen LogP contribution in [0.25, 0.3) is 0 Å². The Kier molecular flexibility index (Phi) is 3.98. The molecule has 0 aliphatic heterocycles. The highest BCUT2D eigenvalue weighted by atomic mass is 127. The van der Waals surface area contributed by atoms with Crippen LogP contribution in [0.15, 0.2) is 24.3 Å². The fourth-order valence-corrected chi connectivity index (χ4v) is 3.27. The molecule has 0 bridgehead atoms. The molecule has 0 saturated heterocycles. The highest BCUT2D eigenvalue weighted by molar-refractivity contribution is 14.1. The molecule has 1 aromatic carbocycles. The van der Waals surface area contributed by atoms with E-state index in [1.165, 1.54) is 6.42 Å². The molecule has 0 heterocycles. The second-order valence-electron chi connectivity index (χ2n) is 5.33. The number of hydrogen-bond acceptors (Lipinski definition) is 2. The smallest absolute Gasteiger partial charge is 0.105 e. The first-order valence-electron chi connectivity index (χ1n) is 6.41. The van der Waals surface area contributed by atoms with Gasteiger partial charge < -0.3 is 5.11 Å². The van der Waals surface area contributed by atoms with Gasteiger partial charge in [-0.25, -0.2) is 0 Å². The number of aliphatic hydroxyl groups is 1. The van der Waals surface area contributed by atoms with Crippen molar-refractivity contribution in [1.29, 1.82) is 5.26 Å². The van der Waals surface area contributed by atoms with Gasteiger partial charge in [-0.3, -0.25) is 0 Å². The van der Waals surface area contributed by atoms with Gasteiger partial charge in [-0.05, 0) is 60.1 Å². The van der Waals surface area contributed by atoms with Gasteiger partial charge in [0.2, 0.25) is 0 Å². The fraction of sp³-hybridized carbons (Fsp3) is 0.533. The summed E-state index contributed by atoms with van der Waals surface area (Å²) < 4.78 is 1.14. The molecule has 1 aromatic rings. The number of hydrogen-bond donors (Lipinski definition) is 1. The van der Waals surface area contributed by atoms with Gasteiger partial charge in [0.1, 0.15) is 5.60 Å². The molecule has 0 amide bonds. The normalized spacial score (nSPS) is 21.9. The first-order valence-corrected chi connectivity index (χ1v) is 7.49. The molecule has 1 atom stereocenters. The molecule has 2 nitrogen and oxygen atoms in total.